The minimum Gasteiger partial charge on any atom is -0.330 e. The van der Waals surface area contributed by atoms with Crippen molar-refractivity contribution in [2.75, 3.05) is 93.6 Å². The first-order valence-corrected chi connectivity index (χ1v) is 31.1. The molecule has 4 N–H and O–H groups in total. The molecule has 0 fully saturated rings. The first kappa shape index (κ1) is 79.2. The van der Waals surface area contributed by atoms with Gasteiger partial charge in [-0.05, 0) is 125 Å². The lowest BCUT2D eigenvalue weighted by molar-refractivity contribution is 0.276. The lowest BCUT2D eigenvalue weighted by Gasteiger charge is -2.17. The zero-order valence-electron chi connectivity index (χ0n) is 59.1. The van der Waals surface area contributed by atoms with Crippen LogP contribution >= 0.6 is 0 Å². The molecule has 0 aliphatic carbocycles. The van der Waals surface area contributed by atoms with E-state index in [-0.39, 0.29) is 32.5 Å². The summed E-state index contributed by atoms with van der Waals surface area (Å²) in [7, 11) is 8.19. The van der Waals surface area contributed by atoms with Crippen LogP contribution in [0.15, 0.2) is 0 Å². The monoisotopic (exact) mass is 1230 g/mol. The molecule has 0 aromatic carbocycles. The van der Waals surface area contributed by atoms with Crippen LogP contribution in [-0.4, -0.2) is 234 Å². The van der Waals surface area contributed by atoms with E-state index in [0.717, 1.165) is 139 Å². The summed E-state index contributed by atoms with van der Waals surface area (Å²) in [6.45, 7) is 60.4. The first-order chi connectivity index (χ1) is 40.3. The predicted molar refractivity (Wildman–Crippen MR) is 344 cm³/mol. The fourth-order valence-corrected chi connectivity index (χ4v) is 6.74. The topological polar surface area (TPSA) is 327 Å². The molecule has 6 aromatic rings. The average Bonchev–Trinajstić information content (AvgIpc) is 3.16. The van der Waals surface area contributed by atoms with Crippen LogP contribution < -0.4 is 11.5 Å². The highest BCUT2D eigenvalue weighted by Crippen LogP contribution is 2.20. The zero-order chi connectivity index (χ0) is 66.4. The molecule has 87 heavy (non-hydrogen) atoms. The molecule has 0 spiro atoms. The number of likely N-dealkylation sites (N-methyl/N-ethyl adjacent to an activating group) is 2. The Balaban J connectivity index is 0.000000524. The summed E-state index contributed by atoms with van der Waals surface area (Å²) < 4.78 is 0. The normalized spacial score (nSPS) is 12.3. The quantitative estimate of drug-likeness (QED) is 0.0876. The molecule has 0 radical (unpaired) electrons. The Kier molecular flexibility index (Phi) is 34.5. The smallest absolute Gasteiger partial charge is 0.180 e. The van der Waals surface area contributed by atoms with E-state index < -0.39 is 0 Å². The summed E-state index contributed by atoms with van der Waals surface area (Å²) >= 11 is 0. The zero-order valence-corrected chi connectivity index (χ0v) is 59.1. The number of rotatable bonds is 23. The summed E-state index contributed by atoms with van der Waals surface area (Å²) in [5.74, 6) is 4.79. The third kappa shape index (κ3) is 33.4. The molecule has 498 valence electrons. The molecule has 30 nitrogen and oxygen atoms in total. The van der Waals surface area contributed by atoms with Crippen molar-refractivity contribution in [1.82, 2.24) is 141 Å². The molecule has 6 heterocycles. The SMILES string of the molecule is CC(C)(C)c1nnn(CCCN)n1.CC(C)(C)c1nnn(CCN)n1.CCN(CC)CCCn1nnc(C(C)(C)C)n1.CCN(CC)CCn1nnc(C(C)(C)C)n1.CN(C)CCCn1nnc(C(C)(C)C)n1.CN(C)CCn1nnc(C(C)(C)C)n1. The predicted octanol–water partition coefficient (Wildman–Crippen LogP) is 4.72. The lowest BCUT2D eigenvalue weighted by atomic mass is 9.96. The van der Waals surface area contributed by atoms with Gasteiger partial charge < -0.3 is 31.1 Å². The number of nitrogens with zero attached hydrogens (tertiary/aromatic N) is 28. The number of hydrogen-bond acceptors (Lipinski definition) is 24. The van der Waals surface area contributed by atoms with Crippen molar-refractivity contribution in [3.63, 3.8) is 0 Å². The van der Waals surface area contributed by atoms with Gasteiger partial charge in [0.2, 0.25) is 0 Å². The summed E-state index contributed by atoms with van der Waals surface area (Å²) in [4.78, 5) is 18.9. The second-order valence-corrected chi connectivity index (χ2v) is 28.1. The maximum absolute atomic E-state index is 5.38. The van der Waals surface area contributed by atoms with Crippen LogP contribution in [0.3, 0.4) is 0 Å². The van der Waals surface area contributed by atoms with Crippen LogP contribution in [0.1, 0.15) is 207 Å². The van der Waals surface area contributed by atoms with Crippen LogP contribution in [0.2, 0.25) is 0 Å². The Morgan fingerprint density at radius 1 is 0.287 bits per heavy atom. The molecular weight excluding hydrogens is 1100 g/mol. The molecule has 0 amide bonds. The van der Waals surface area contributed by atoms with Crippen LogP contribution in [0.4, 0.5) is 0 Å². The van der Waals surface area contributed by atoms with Crippen molar-refractivity contribution in [3.8, 4) is 0 Å². The summed E-state index contributed by atoms with van der Waals surface area (Å²) in [5.41, 5.74) is 10.6. The van der Waals surface area contributed by atoms with Gasteiger partial charge in [0, 0.05) is 52.1 Å². The summed E-state index contributed by atoms with van der Waals surface area (Å²) in [6.07, 6.45) is 3.01. The van der Waals surface area contributed by atoms with Gasteiger partial charge in [-0.15, -0.1) is 61.2 Å². The van der Waals surface area contributed by atoms with E-state index in [9.17, 15) is 0 Å². The minimum absolute atomic E-state index is 0.0141. The van der Waals surface area contributed by atoms with Crippen LogP contribution in [-0.2, 0) is 71.8 Å². The molecule has 0 unspecified atom stereocenters. The summed E-state index contributed by atoms with van der Waals surface area (Å²) in [6, 6.07) is 0. The van der Waals surface area contributed by atoms with Crippen LogP contribution in [0, 0.1) is 0 Å². The maximum atomic E-state index is 5.38. The van der Waals surface area contributed by atoms with E-state index >= 15 is 0 Å². The van der Waals surface area contributed by atoms with Crippen molar-refractivity contribution in [1.29, 1.82) is 0 Å². The van der Waals surface area contributed by atoms with Gasteiger partial charge in [-0.2, -0.15) is 28.8 Å². The molecular formula is C57H120N30. The third-order valence-electron chi connectivity index (χ3n) is 12.6. The molecule has 0 aliphatic heterocycles. The van der Waals surface area contributed by atoms with Gasteiger partial charge in [0.05, 0.1) is 39.3 Å². The van der Waals surface area contributed by atoms with E-state index in [1.165, 1.54) is 4.80 Å². The Morgan fingerprint density at radius 2 is 0.517 bits per heavy atom. The lowest BCUT2D eigenvalue weighted by Crippen LogP contribution is -2.27. The second kappa shape index (κ2) is 37.9. The van der Waals surface area contributed by atoms with Crippen molar-refractivity contribution in [2.45, 2.75) is 243 Å². The van der Waals surface area contributed by atoms with Gasteiger partial charge in [0.25, 0.3) is 0 Å². The van der Waals surface area contributed by atoms with Crippen molar-refractivity contribution < 1.29 is 0 Å². The Labute approximate surface area is 522 Å². The van der Waals surface area contributed by atoms with Crippen LogP contribution in [0.5, 0.6) is 0 Å². The molecule has 6 rings (SSSR count). The van der Waals surface area contributed by atoms with Crippen LogP contribution in [0.25, 0.3) is 0 Å². The Bertz CT molecular complexity index is 2660. The summed E-state index contributed by atoms with van der Waals surface area (Å²) in [5, 5.41) is 74.1. The molecule has 0 aliphatic rings. The number of tetrazole rings is 6. The van der Waals surface area contributed by atoms with Crippen molar-refractivity contribution in [2.24, 2.45) is 11.5 Å². The highest BCUT2D eigenvalue weighted by molar-refractivity contribution is 4.99. The first-order valence-electron chi connectivity index (χ1n) is 31.1. The van der Waals surface area contributed by atoms with E-state index in [4.69, 9.17) is 11.5 Å². The highest BCUT2D eigenvalue weighted by Gasteiger charge is 2.24. The van der Waals surface area contributed by atoms with E-state index in [2.05, 4.69) is 278 Å². The minimum atomic E-state index is -0.0349. The van der Waals surface area contributed by atoms with Gasteiger partial charge in [-0.3, -0.25) is 0 Å². The number of hydrogen-bond donors (Lipinski definition) is 2. The van der Waals surface area contributed by atoms with Gasteiger partial charge in [-0.1, -0.05) is 152 Å². The van der Waals surface area contributed by atoms with E-state index in [1.54, 1.807) is 24.0 Å². The molecule has 0 bridgehead atoms. The third-order valence-corrected chi connectivity index (χ3v) is 12.6. The highest BCUT2D eigenvalue weighted by atomic mass is 15.6. The molecule has 0 atom stereocenters. The van der Waals surface area contributed by atoms with Crippen molar-refractivity contribution >= 4 is 0 Å². The largest absolute Gasteiger partial charge is 0.330 e. The number of aryl methyl sites for hydroxylation is 3. The molecule has 0 saturated heterocycles. The van der Waals surface area contributed by atoms with E-state index in [0.29, 0.717) is 19.6 Å². The molecule has 30 heteroatoms. The average molecular weight is 1230 g/mol. The number of aromatic nitrogens is 24. The van der Waals surface area contributed by atoms with Gasteiger partial charge in [0.1, 0.15) is 0 Å². The van der Waals surface area contributed by atoms with Gasteiger partial charge in [-0.25, -0.2) is 0 Å². The number of nitrogens with two attached hydrogens (primary N) is 2. The molecule has 6 aromatic heterocycles. The Hall–Kier alpha value is -5.82. The van der Waals surface area contributed by atoms with Gasteiger partial charge >= 0.3 is 0 Å². The van der Waals surface area contributed by atoms with E-state index in [1.807, 2.05) is 14.1 Å². The Morgan fingerprint density at radius 3 is 0.747 bits per heavy atom. The second-order valence-electron chi connectivity index (χ2n) is 28.1. The molecule has 0 saturated carbocycles. The van der Waals surface area contributed by atoms with Gasteiger partial charge in [0.15, 0.2) is 34.9 Å². The fraction of sp³-hybridized carbons (Fsp3) is 0.895. The van der Waals surface area contributed by atoms with Crippen molar-refractivity contribution in [3.05, 3.63) is 34.9 Å². The maximum Gasteiger partial charge on any atom is 0.180 e. The fourth-order valence-electron chi connectivity index (χ4n) is 6.74. The standard InChI is InChI=1S/C12H25N5.C11H23N5.C10H21N5.C9H19N5.C8H17N5.C7H15N5/c1-6-16(7-2)9-8-10-17-14-11(13-15-17)12(3,4)5;1-6-15(7-2)8-9-16-13-10(12-14-16)11(3,4)5;1-10(2,3)9-11-13-15(12-9)8-6-7-14(4)5;1-9(2,3)8-10-12-14(11-8)7-6-13(4)5;1-8(2,3)7-10-12-13(11-7)6-4-5-9;1-7(2,3)6-9-11-12(10-6)5-4-8/h6-10H2,1-5H3;6-9H2,1-5H3;6-8H2,1-5H3;6-7H2,1-5H3;4-6,9H2,1-3H3;4-5,8H2,1-3H3.